The molecule has 5 N–H and O–H groups in total. The number of ether oxygens (including phenoxy) is 2. The summed E-state index contributed by atoms with van der Waals surface area (Å²) < 4.78 is 14.1. The van der Waals surface area contributed by atoms with E-state index in [9.17, 15) is 4.79 Å². The van der Waals surface area contributed by atoms with Gasteiger partial charge in [-0.2, -0.15) is 0 Å². The highest BCUT2D eigenvalue weighted by Crippen LogP contribution is 2.24. The number of nitrogens with one attached hydrogen (secondary N) is 3. The number of nitrogens with two attached hydrogens (primary N) is 1. The van der Waals surface area contributed by atoms with Gasteiger partial charge < -0.3 is 30.0 Å². The number of rotatable bonds is 12. The highest BCUT2D eigenvalue weighted by molar-refractivity contribution is 5.98. The van der Waals surface area contributed by atoms with Crippen molar-refractivity contribution < 1.29 is 14.3 Å². The SMILES string of the molecule is CC(=N)N1CCC(Oc2ccc(OCc3nc4cc(C(=N)N)ccc4n3CC(=O)NCCCc3ccccc3)cc2)CC1.Cl.Cl. The van der Waals surface area contributed by atoms with E-state index >= 15 is 0 Å². The molecule has 1 fully saturated rings. The molecule has 3 aromatic carbocycles. The Balaban J connectivity index is 0.00000276. The minimum atomic E-state index is -0.104. The number of hydrogen-bond acceptors (Lipinski definition) is 6. The number of carbonyl (C=O) groups is 1. The van der Waals surface area contributed by atoms with E-state index < -0.39 is 0 Å². The Morgan fingerprint density at radius 3 is 2.36 bits per heavy atom. The van der Waals surface area contributed by atoms with Gasteiger partial charge in [0.15, 0.2) is 0 Å². The molecule has 2 heterocycles. The first kappa shape index (κ1) is 35.2. The van der Waals surface area contributed by atoms with E-state index in [0.717, 1.165) is 50.0 Å². The summed E-state index contributed by atoms with van der Waals surface area (Å²) in [6, 6.07) is 23.1. The van der Waals surface area contributed by atoms with Crippen LogP contribution < -0.4 is 20.5 Å². The molecule has 12 heteroatoms. The molecule has 10 nitrogen and oxygen atoms in total. The fourth-order valence-corrected chi connectivity index (χ4v) is 5.26. The maximum atomic E-state index is 12.9. The van der Waals surface area contributed by atoms with Gasteiger partial charge in [0.2, 0.25) is 5.91 Å². The predicted octanol–water partition coefficient (Wildman–Crippen LogP) is 5.33. The Labute approximate surface area is 276 Å². The minimum absolute atomic E-state index is 0. The normalized spacial score (nSPS) is 13.0. The van der Waals surface area contributed by atoms with Crippen LogP contribution >= 0.6 is 24.8 Å². The van der Waals surface area contributed by atoms with E-state index in [1.807, 2.05) is 60.0 Å². The van der Waals surface area contributed by atoms with Crippen LogP contribution in [0.1, 0.15) is 43.1 Å². The van der Waals surface area contributed by atoms with E-state index in [4.69, 9.17) is 31.0 Å². The van der Waals surface area contributed by atoms with Crippen LogP contribution in [0.3, 0.4) is 0 Å². The quantitative estimate of drug-likeness (QED) is 0.0924. The zero-order chi connectivity index (χ0) is 30.2. The zero-order valence-corrected chi connectivity index (χ0v) is 27.0. The number of halogens is 2. The lowest BCUT2D eigenvalue weighted by Gasteiger charge is -2.32. The van der Waals surface area contributed by atoms with Crippen molar-refractivity contribution in [2.24, 2.45) is 5.73 Å². The van der Waals surface area contributed by atoms with Gasteiger partial charge in [-0.3, -0.25) is 15.6 Å². The topological polar surface area (TPSA) is 142 Å². The largest absolute Gasteiger partial charge is 0.490 e. The molecule has 1 aromatic heterocycles. The van der Waals surface area contributed by atoms with Crippen molar-refractivity contribution >= 4 is 53.4 Å². The van der Waals surface area contributed by atoms with Crippen LogP contribution in [0.15, 0.2) is 72.8 Å². The lowest BCUT2D eigenvalue weighted by molar-refractivity contribution is -0.121. The minimum Gasteiger partial charge on any atom is -0.490 e. The maximum absolute atomic E-state index is 12.9. The monoisotopic (exact) mass is 653 g/mol. The highest BCUT2D eigenvalue weighted by atomic mass is 35.5. The van der Waals surface area contributed by atoms with Gasteiger partial charge in [-0.15, -0.1) is 24.8 Å². The summed E-state index contributed by atoms with van der Waals surface area (Å²) in [7, 11) is 0. The Morgan fingerprint density at radius 1 is 1.00 bits per heavy atom. The Morgan fingerprint density at radius 2 is 1.69 bits per heavy atom. The summed E-state index contributed by atoms with van der Waals surface area (Å²) in [5, 5.41) is 18.6. The Bertz CT molecular complexity index is 1570. The summed E-state index contributed by atoms with van der Waals surface area (Å²) in [6.07, 6.45) is 3.65. The van der Waals surface area contributed by atoms with Crippen molar-refractivity contribution in [3.63, 3.8) is 0 Å². The highest BCUT2D eigenvalue weighted by Gasteiger charge is 2.21. The fourth-order valence-electron chi connectivity index (χ4n) is 5.26. The molecule has 0 aliphatic carbocycles. The summed E-state index contributed by atoms with van der Waals surface area (Å²) in [5.41, 5.74) is 8.95. The second-order valence-corrected chi connectivity index (χ2v) is 10.8. The van der Waals surface area contributed by atoms with E-state index in [1.165, 1.54) is 5.56 Å². The van der Waals surface area contributed by atoms with E-state index in [2.05, 4.69) is 22.3 Å². The van der Waals surface area contributed by atoms with Gasteiger partial charge in [0.25, 0.3) is 0 Å². The number of carbonyl (C=O) groups excluding carboxylic acids is 1. The number of imidazole rings is 1. The van der Waals surface area contributed by atoms with Gasteiger partial charge in [-0.05, 0) is 67.8 Å². The smallest absolute Gasteiger partial charge is 0.240 e. The number of amides is 1. The summed E-state index contributed by atoms with van der Waals surface area (Å²) in [5.74, 6) is 2.51. The standard InChI is InChI=1S/C33H39N7O3.2ClH/c1-23(34)39-18-15-28(16-19-39)43-27-12-10-26(11-13-27)42-22-31-38-29-20-25(33(35)36)9-14-30(29)40(31)21-32(41)37-17-5-8-24-6-3-2-4-7-24;;/h2-4,6-7,9-14,20,28,34H,5,8,15-19,21-22H2,1H3,(H3,35,36)(H,37,41);2*1H. The number of piperidine rings is 1. The van der Waals surface area contributed by atoms with Gasteiger partial charge in [0.05, 0.1) is 16.9 Å². The summed E-state index contributed by atoms with van der Waals surface area (Å²) in [4.78, 5) is 19.7. The molecular weight excluding hydrogens is 613 g/mol. The average molecular weight is 655 g/mol. The third-order valence-corrected chi connectivity index (χ3v) is 7.66. The lowest BCUT2D eigenvalue weighted by Crippen LogP contribution is -2.40. The second kappa shape index (κ2) is 16.7. The van der Waals surface area contributed by atoms with Gasteiger partial charge >= 0.3 is 0 Å². The lowest BCUT2D eigenvalue weighted by atomic mass is 10.1. The predicted molar refractivity (Wildman–Crippen MR) is 182 cm³/mol. The molecule has 4 aromatic rings. The van der Waals surface area contributed by atoms with Gasteiger partial charge in [-0.1, -0.05) is 30.3 Å². The summed E-state index contributed by atoms with van der Waals surface area (Å²) >= 11 is 0. The number of fused-ring (bicyclic) bond motifs is 1. The molecule has 1 aliphatic heterocycles. The molecule has 1 aliphatic rings. The van der Waals surface area contributed by atoms with Crippen LogP contribution in [0.25, 0.3) is 11.0 Å². The number of nitrogen functional groups attached to an aromatic ring is 1. The number of aromatic nitrogens is 2. The van der Waals surface area contributed by atoms with Crippen LogP contribution in [-0.4, -0.2) is 57.8 Å². The number of benzene rings is 3. The molecule has 0 saturated carbocycles. The van der Waals surface area contributed by atoms with E-state index in [-0.39, 0.29) is 55.8 Å². The van der Waals surface area contributed by atoms with Crippen molar-refractivity contribution in [3.05, 3.63) is 89.7 Å². The van der Waals surface area contributed by atoms with Gasteiger partial charge in [0, 0.05) is 38.0 Å². The number of likely N-dealkylation sites (tertiary alicyclic amines) is 1. The Kier molecular flexibility index (Phi) is 13.1. The fraction of sp³-hybridized carbons (Fsp3) is 0.333. The third kappa shape index (κ3) is 9.60. The molecule has 240 valence electrons. The average Bonchev–Trinajstić information content (AvgIpc) is 3.36. The molecule has 45 heavy (non-hydrogen) atoms. The molecular formula is C33H41Cl2N7O3. The molecule has 1 amide bonds. The van der Waals surface area contributed by atoms with Crippen molar-refractivity contribution in [2.45, 2.75) is 51.9 Å². The van der Waals surface area contributed by atoms with Crippen molar-refractivity contribution in [3.8, 4) is 11.5 Å². The van der Waals surface area contributed by atoms with Gasteiger partial charge in [0.1, 0.15) is 42.4 Å². The van der Waals surface area contributed by atoms with Crippen molar-refractivity contribution in [2.75, 3.05) is 19.6 Å². The number of hydrogen-bond donors (Lipinski definition) is 4. The number of aryl methyl sites for hydroxylation is 1. The first-order valence-corrected chi connectivity index (χ1v) is 14.7. The van der Waals surface area contributed by atoms with Crippen LogP contribution in [-0.2, 0) is 24.4 Å². The van der Waals surface area contributed by atoms with E-state index in [0.29, 0.717) is 35.0 Å². The molecule has 1 saturated heterocycles. The molecule has 0 radical (unpaired) electrons. The molecule has 5 rings (SSSR count). The first-order valence-electron chi connectivity index (χ1n) is 14.7. The van der Waals surface area contributed by atoms with Crippen LogP contribution in [0.4, 0.5) is 0 Å². The number of amidine groups is 2. The summed E-state index contributed by atoms with van der Waals surface area (Å²) in [6.45, 7) is 4.33. The third-order valence-electron chi connectivity index (χ3n) is 7.66. The van der Waals surface area contributed by atoms with Crippen molar-refractivity contribution in [1.82, 2.24) is 19.8 Å². The number of nitrogens with zero attached hydrogens (tertiary/aromatic N) is 3. The molecule has 0 spiro atoms. The zero-order valence-electron chi connectivity index (χ0n) is 25.3. The first-order chi connectivity index (χ1) is 20.9. The van der Waals surface area contributed by atoms with Crippen LogP contribution in [0, 0.1) is 10.8 Å². The maximum Gasteiger partial charge on any atom is 0.240 e. The van der Waals surface area contributed by atoms with E-state index in [1.54, 1.807) is 12.1 Å². The molecule has 0 bridgehead atoms. The molecule has 0 atom stereocenters. The second-order valence-electron chi connectivity index (χ2n) is 10.8. The molecule has 0 unspecified atom stereocenters. The van der Waals surface area contributed by atoms with Crippen LogP contribution in [0.2, 0.25) is 0 Å². The Hall–Kier alpha value is -4.28. The van der Waals surface area contributed by atoms with Gasteiger partial charge in [-0.25, -0.2) is 4.98 Å². The van der Waals surface area contributed by atoms with Crippen LogP contribution in [0.5, 0.6) is 11.5 Å². The van der Waals surface area contributed by atoms with Crippen molar-refractivity contribution in [1.29, 1.82) is 10.8 Å².